The van der Waals surface area contributed by atoms with Gasteiger partial charge in [-0.05, 0) is 5.56 Å². The van der Waals surface area contributed by atoms with E-state index in [-0.39, 0.29) is 0 Å². The van der Waals surface area contributed by atoms with Crippen LogP contribution in [0, 0.1) is 11.5 Å². The summed E-state index contributed by atoms with van der Waals surface area (Å²) in [5.41, 5.74) is 0.948. The summed E-state index contributed by atoms with van der Waals surface area (Å²) in [7, 11) is 0. The minimum absolute atomic E-state index is 0.948. The average Bonchev–Trinajstić information content (AvgIpc) is 2.03. The van der Waals surface area contributed by atoms with E-state index in [0.29, 0.717) is 0 Å². The van der Waals surface area contributed by atoms with Crippen molar-refractivity contribution in [3.8, 4) is 6.19 Å². The second-order valence-corrected chi connectivity index (χ2v) is 1.77. The van der Waals surface area contributed by atoms with Crippen LogP contribution in [-0.2, 0) is 0 Å². The van der Waals surface area contributed by atoms with Gasteiger partial charge in [0.25, 0.3) is 0 Å². The first kappa shape index (κ1) is 6.50. The predicted octanol–water partition coefficient (Wildman–Crippen LogP) is 1.59. The summed E-state index contributed by atoms with van der Waals surface area (Å²) in [6.45, 7) is 0. The Labute approximate surface area is 59.4 Å². The van der Waals surface area contributed by atoms with Crippen molar-refractivity contribution in [1.29, 1.82) is 5.26 Å². The zero-order valence-electron chi connectivity index (χ0n) is 5.36. The molecule has 0 radical (unpaired) electrons. The Morgan fingerprint density at radius 3 is 2.60 bits per heavy atom. The van der Waals surface area contributed by atoms with Crippen LogP contribution in [0.15, 0.2) is 35.3 Å². The van der Waals surface area contributed by atoms with Crippen LogP contribution in [0.5, 0.6) is 0 Å². The maximum absolute atomic E-state index is 8.08. The molecule has 1 aromatic carbocycles. The number of aliphatic imine (C=N–C) groups is 1. The van der Waals surface area contributed by atoms with Crippen molar-refractivity contribution in [3.63, 3.8) is 0 Å². The molecule has 0 saturated heterocycles. The molecule has 0 fully saturated rings. The molecular weight excluding hydrogens is 124 g/mol. The summed E-state index contributed by atoms with van der Waals surface area (Å²) in [4.78, 5) is 3.42. The van der Waals surface area contributed by atoms with E-state index in [9.17, 15) is 0 Å². The van der Waals surface area contributed by atoms with E-state index in [2.05, 4.69) is 4.99 Å². The lowest BCUT2D eigenvalue weighted by molar-refractivity contribution is 1.44. The molecule has 0 aromatic heterocycles. The van der Waals surface area contributed by atoms with Crippen LogP contribution in [0.4, 0.5) is 0 Å². The lowest BCUT2D eigenvalue weighted by Crippen LogP contribution is -1.75. The average molecular weight is 130 g/mol. The number of hydrogen-bond acceptors (Lipinski definition) is 2. The largest absolute Gasteiger partial charge is 0.205 e. The monoisotopic (exact) mass is 130 g/mol. The summed E-state index contributed by atoms with van der Waals surface area (Å²) >= 11 is 0. The highest BCUT2D eigenvalue weighted by molar-refractivity contribution is 5.79. The van der Waals surface area contributed by atoms with Crippen molar-refractivity contribution in [1.82, 2.24) is 0 Å². The van der Waals surface area contributed by atoms with Crippen LogP contribution in [0.3, 0.4) is 0 Å². The van der Waals surface area contributed by atoms with E-state index in [1.54, 1.807) is 6.19 Å². The van der Waals surface area contributed by atoms with Crippen molar-refractivity contribution in [3.05, 3.63) is 35.9 Å². The molecule has 0 aliphatic heterocycles. The van der Waals surface area contributed by atoms with Gasteiger partial charge in [0.2, 0.25) is 6.19 Å². The fraction of sp³-hybridized carbons (Fsp3) is 0. The summed E-state index contributed by atoms with van der Waals surface area (Å²) in [5, 5.41) is 8.08. The Morgan fingerprint density at radius 1 is 1.30 bits per heavy atom. The number of nitriles is 1. The second-order valence-electron chi connectivity index (χ2n) is 1.77. The zero-order chi connectivity index (χ0) is 7.23. The van der Waals surface area contributed by atoms with Gasteiger partial charge in [0.05, 0.1) is 0 Å². The predicted molar refractivity (Wildman–Crippen MR) is 39.6 cm³/mol. The first-order valence-electron chi connectivity index (χ1n) is 2.90. The molecule has 0 amide bonds. The Bertz CT molecular complexity index is 256. The van der Waals surface area contributed by atoms with Gasteiger partial charge in [0.1, 0.15) is 0 Å². The standard InChI is InChI=1S/C8H6N2/c9-7-10-6-8-4-2-1-3-5-8/h1-6H/b10-6-. The molecule has 2 nitrogen and oxygen atoms in total. The molecule has 0 bridgehead atoms. The third kappa shape index (κ3) is 1.71. The highest BCUT2D eigenvalue weighted by atomic mass is 14.7. The van der Waals surface area contributed by atoms with Crippen molar-refractivity contribution in [2.45, 2.75) is 0 Å². The molecule has 0 N–H and O–H groups in total. The minimum atomic E-state index is 0.948. The fourth-order valence-corrected chi connectivity index (χ4v) is 0.643. The molecule has 0 unspecified atom stereocenters. The van der Waals surface area contributed by atoms with Crippen LogP contribution < -0.4 is 0 Å². The van der Waals surface area contributed by atoms with Crippen molar-refractivity contribution < 1.29 is 0 Å². The third-order valence-corrected chi connectivity index (χ3v) is 1.07. The number of benzene rings is 1. The van der Waals surface area contributed by atoms with Crippen LogP contribution >= 0.6 is 0 Å². The number of hydrogen-bond donors (Lipinski definition) is 0. The molecule has 0 heterocycles. The maximum atomic E-state index is 8.08. The van der Waals surface area contributed by atoms with Gasteiger partial charge in [-0.25, -0.2) is 0 Å². The van der Waals surface area contributed by atoms with E-state index < -0.39 is 0 Å². The smallest absolute Gasteiger partial charge is 0.181 e. The number of nitrogens with zero attached hydrogens (tertiary/aromatic N) is 2. The highest BCUT2D eigenvalue weighted by Gasteiger charge is 1.80. The maximum Gasteiger partial charge on any atom is 0.205 e. The fourth-order valence-electron chi connectivity index (χ4n) is 0.643. The molecule has 10 heavy (non-hydrogen) atoms. The van der Waals surface area contributed by atoms with Gasteiger partial charge in [0.15, 0.2) is 0 Å². The van der Waals surface area contributed by atoms with E-state index in [4.69, 9.17) is 5.26 Å². The quantitative estimate of drug-likeness (QED) is 0.420. The summed E-state index contributed by atoms with van der Waals surface area (Å²) < 4.78 is 0. The van der Waals surface area contributed by atoms with Gasteiger partial charge in [-0.15, -0.1) is 0 Å². The Hall–Kier alpha value is -1.62. The van der Waals surface area contributed by atoms with Crippen molar-refractivity contribution in [2.75, 3.05) is 0 Å². The van der Waals surface area contributed by atoms with Gasteiger partial charge in [-0.3, -0.25) is 0 Å². The molecule has 0 spiro atoms. The van der Waals surface area contributed by atoms with Gasteiger partial charge in [-0.1, -0.05) is 30.3 Å². The Balaban J connectivity index is 2.79. The van der Waals surface area contributed by atoms with Gasteiger partial charge in [0, 0.05) is 6.21 Å². The molecule has 0 aliphatic carbocycles. The first-order valence-corrected chi connectivity index (χ1v) is 2.90. The first-order chi connectivity index (χ1) is 4.93. The van der Waals surface area contributed by atoms with Gasteiger partial charge >= 0.3 is 0 Å². The zero-order valence-corrected chi connectivity index (χ0v) is 5.36. The number of rotatable bonds is 1. The molecule has 1 aromatic rings. The second kappa shape index (κ2) is 3.41. The SMILES string of the molecule is N#C/N=C\c1ccccc1. The molecule has 0 saturated carbocycles. The Morgan fingerprint density at radius 2 is 2.00 bits per heavy atom. The lowest BCUT2D eigenvalue weighted by atomic mass is 10.2. The topological polar surface area (TPSA) is 36.1 Å². The molecule has 48 valence electrons. The van der Waals surface area contributed by atoms with E-state index in [1.165, 1.54) is 6.21 Å². The summed E-state index contributed by atoms with van der Waals surface area (Å²) in [6, 6.07) is 9.50. The molecule has 2 heteroatoms. The van der Waals surface area contributed by atoms with E-state index >= 15 is 0 Å². The minimum Gasteiger partial charge on any atom is -0.181 e. The third-order valence-electron chi connectivity index (χ3n) is 1.07. The molecule has 0 aliphatic rings. The summed E-state index contributed by atoms with van der Waals surface area (Å²) in [6.07, 6.45) is 3.21. The molecule has 0 atom stereocenters. The Kier molecular flexibility index (Phi) is 2.22. The van der Waals surface area contributed by atoms with Gasteiger partial charge < -0.3 is 0 Å². The van der Waals surface area contributed by atoms with Crippen molar-refractivity contribution >= 4 is 6.21 Å². The normalized spacial score (nSPS) is 9.50. The summed E-state index contributed by atoms with van der Waals surface area (Å²) in [5.74, 6) is 0. The highest BCUT2D eigenvalue weighted by Crippen LogP contribution is 1.92. The van der Waals surface area contributed by atoms with Crippen molar-refractivity contribution in [2.24, 2.45) is 4.99 Å². The molecule has 1 rings (SSSR count). The van der Waals surface area contributed by atoms with Crippen LogP contribution in [0.25, 0.3) is 0 Å². The van der Waals surface area contributed by atoms with Crippen LogP contribution in [-0.4, -0.2) is 6.21 Å². The lowest BCUT2D eigenvalue weighted by Gasteiger charge is -1.85. The van der Waals surface area contributed by atoms with E-state index in [1.807, 2.05) is 30.3 Å². The van der Waals surface area contributed by atoms with Crippen LogP contribution in [0.2, 0.25) is 0 Å². The van der Waals surface area contributed by atoms with Crippen LogP contribution in [0.1, 0.15) is 5.56 Å². The van der Waals surface area contributed by atoms with Gasteiger partial charge in [-0.2, -0.15) is 10.3 Å². The molecular formula is C8H6N2. The van der Waals surface area contributed by atoms with E-state index in [0.717, 1.165) is 5.56 Å².